The second kappa shape index (κ2) is 6.85. The Balaban J connectivity index is 2.90. The molecule has 0 heterocycles. The van der Waals surface area contributed by atoms with Gasteiger partial charge in [-0.3, -0.25) is 10.1 Å². The summed E-state index contributed by atoms with van der Waals surface area (Å²) in [6.07, 6.45) is 1.01. The highest BCUT2D eigenvalue weighted by atomic mass is 16.6. The van der Waals surface area contributed by atoms with Crippen LogP contribution in [-0.2, 0) is 11.3 Å². The van der Waals surface area contributed by atoms with Gasteiger partial charge in [0.1, 0.15) is 0 Å². The Morgan fingerprint density at radius 3 is 2.76 bits per heavy atom. The quantitative estimate of drug-likeness (QED) is 0.586. The Morgan fingerprint density at radius 1 is 1.41 bits per heavy atom. The number of nitrogens with one attached hydrogen (secondary N) is 1. The van der Waals surface area contributed by atoms with Crippen LogP contribution < -0.4 is 5.32 Å². The predicted octanol–water partition coefficient (Wildman–Crippen LogP) is 2.95. The summed E-state index contributed by atoms with van der Waals surface area (Å²) in [7, 11) is 0. The Hall–Kier alpha value is -1.62. The molecule has 17 heavy (non-hydrogen) atoms. The lowest BCUT2D eigenvalue weighted by Crippen LogP contribution is -2.05. The van der Waals surface area contributed by atoms with Gasteiger partial charge in [-0.2, -0.15) is 0 Å². The van der Waals surface area contributed by atoms with Crippen molar-refractivity contribution in [1.29, 1.82) is 0 Å². The highest BCUT2D eigenvalue weighted by Crippen LogP contribution is 2.22. The van der Waals surface area contributed by atoms with Gasteiger partial charge in [0.05, 0.1) is 11.5 Å². The van der Waals surface area contributed by atoms with E-state index in [1.807, 2.05) is 6.92 Å². The van der Waals surface area contributed by atoms with Crippen molar-refractivity contribution in [2.75, 3.05) is 18.5 Å². The number of benzene rings is 1. The topological polar surface area (TPSA) is 64.4 Å². The molecule has 0 unspecified atom stereocenters. The van der Waals surface area contributed by atoms with E-state index in [1.54, 1.807) is 12.1 Å². The first kappa shape index (κ1) is 13.4. The molecule has 0 fully saturated rings. The summed E-state index contributed by atoms with van der Waals surface area (Å²) in [5.41, 5.74) is 1.84. The fourth-order valence-electron chi connectivity index (χ4n) is 1.46. The van der Waals surface area contributed by atoms with Gasteiger partial charge >= 0.3 is 0 Å². The number of hydrogen-bond acceptors (Lipinski definition) is 4. The van der Waals surface area contributed by atoms with E-state index in [2.05, 4.69) is 12.2 Å². The molecule has 0 saturated heterocycles. The molecule has 0 atom stereocenters. The van der Waals surface area contributed by atoms with Crippen LogP contribution in [0.25, 0.3) is 0 Å². The first-order chi connectivity index (χ1) is 8.19. The molecule has 0 spiro atoms. The van der Waals surface area contributed by atoms with E-state index in [-0.39, 0.29) is 10.6 Å². The van der Waals surface area contributed by atoms with E-state index in [0.29, 0.717) is 13.2 Å². The number of rotatable bonds is 7. The maximum atomic E-state index is 10.7. The number of ether oxygens (including phenoxy) is 1. The molecule has 1 N–H and O–H groups in total. The van der Waals surface area contributed by atoms with Crippen LogP contribution in [0.3, 0.4) is 0 Å². The monoisotopic (exact) mass is 238 g/mol. The Bertz CT molecular complexity index is 380. The lowest BCUT2D eigenvalue weighted by Gasteiger charge is -2.11. The molecular formula is C12H18N2O3. The molecule has 5 heteroatoms. The lowest BCUT2D eigenvalue weighted by molar-refractivity contribution is -0.384. The molecule has 94 valence electrons. The van der Waals surface area contributed by atoms with Crippen LogP contribution in [0, 0.1) is 10.1 Å². The van der Waals surface area contributed by atoms with Crippen LogP contribution in [0.15, 0.2) is 18.2 Å². The number of anilines is 1. The van der Waals surface area contributed by atoms with Gasteiger partial charge in [-0.1, -0.05) is 6.92 Å². The summed E-state index contributed by atoms with van der Waals surface area (Å²) < 4.78 is 5.31. The summed E-state index contributed by atoms with van der Waals surface area (Å²) in [5.74, 6) is 0. The summed E-state index contributed by atoms with van der Waals surface area (Å²) >= 11 is 0. The van der Waals surface area contributed by atoms with Crippen molar-refractivity contribution in [2.24, 2.45) is 0 Å². The molecule has 0 aliphatic rings. The molecule has 0 aromatic heterocycles. The van der Waals surface area contributed by atoms with Crippen molar-refractivity contribution in [3.63, 3.8) is 0 Å². The molecule has 0 bridgehead atoms. The molecule has 0 radical (unpaired) electrons. The van der Waals surface area contributed by atoms with Crippen LogP contribution in [0.2, 0.25) is 0 Å². The Labute approximate surface area is 101 Å². The highest BCUT2D eigenvalue weighted by molar-refractivity contribution is 5.55. The summed E-state index contributed by atoms with van der Waals surface area (Å²) in [4.78, 5) is 10.3. The third kappa shape index (κ3) is 4.03. The maximum absolute atomic E-state index is 10.7. The fraction of sp³-hybridized carbons (Fsp3) is 0.500. The third-order valence-electron chi connectivity index (χ3n) is 2.33. The van der Waals surface area contributed by atoms with E-state index in [0.717, 1.165) is 24.2 Å². The average molecular weight is 238 g/mol. The van der Waals surface area contributed by atoms with Gasteiger partial charge in [0.25, 0.3) is 5.69 Å². The molecule has 1 aromatic carbocycles. The maximum Gasteiger partial charge on any atom is 0.269 e. The van der Waals surface area contributed by atoms with Crippen LogP contribution in [-0.4, -0.2) is 18.1 Å². The minimum Gasteiger partial charge on any atom is -0.385 e. The average Bonchev–Trinajstić information content (AvgIpc) is 2.34. The standard InChI is InChI=1S/C12H18N2O3/c1-3-7-13-12-6-5-11(14(15)16)8-10(12)9-17-4-2/h5-6,8,13H,3-4,7,9H2,1-2H3. The molecule has 0 amide bonds. The van der Waals surface area contributed by atoms with E-state index in [4.69, 9.17) is 4.74 Å². The minimum absolute atomic E-state index is 0.0988. The van der Waals surface area contributed by atoms with Gasteiger partial charge in [0.15, 0.2) is 0 Å². The summed E-state index contributed by atoms with van der Waals surface area (Å²) in [6, 6.07) is 4.81. The van der Waals surface area contributed by atoms with Crippen molar-refractivity contribution in [1.82, 2.24) is 0 Å². The van der Waals surface area contributed by atoms with Gasteiger partial charge in [-0.15, -0.1) is 0 Å². The van der Waals surface area contributed by atoms with Gasteiger partial charge in [-0.05, 0) is 19.4 Å². The smallest absolute Gasteiger partial charge is 0.269 e. The Morgan fingerprint density at radius 2 is 2.18 bits per heavy atom. The van der Waals surface area contributed by atoms with Crippen LogP contribution in [0.1, 0.15) is 25.8 Å². The molecule has 1 rings (SSSR count). The van der Waals surface area contributed by atoms with Crippen LogP contribution in [0.5, 0.6) is 0 Å². The van der Waals surface area contributed by atoms with Gasteiger partial charge in [0.2, 0.25) is 0 Å². The zero-order valence-corrected chi connectivity index (χ0v) is 10.2. The first-order valence-corrected chi connectivity index (χ1v) is 5.78. The zero-order valence-electron chi connectivity index (χ0n) is 10.2. The van der Waals surface area contributed by atoms with E-state index in [9.17, 15) is 10.1 Å². The summed E-state index contributed by atoms with van der Waals surface area (Å²) in [5, 5.41) is 13.9. The third-order valence-corrected chi connectivity index (χ3v) is 2.33. The van der Waals surface area contributed by atoms with Crippen LogP contribution >= 0.6 is 0 Å². The number of hydrogen-bond donors (Lipinski definition) is 1. The fourth-order valence-corrected chi connectivity index (χ4v) is 1.46. The number of non-ortho nitro benzene ring substituents is 1. The van der Waals surface area contributed by atoms with Crippen molar-refractivity contribution in [3.8, 4) is 0 Å². The molecule has 0 aliphatic heterocycles. The van der Waals surface area contributed by atoms with E-state index < -0.39 is 0 Å². The van der Waals surface area contributed by atoms with Crippen LogP contribution in [0.4, 0.5) is 11.4 Å². The Kier molecular flexibility index (Phi) is 5.42. The zero-order chi connectivity index (χ0) is 12.7. The molecule has 5 nitrogen and oxygen atoms in total. The van der Waals surface area contributed by atoms with Crippen molar-refractivity contribution >= 4 is 11.4 Å². The number of nitrogens with zero attached hydrogens (tertiary/aromatic N) is 1. The van der Waals surface area contributed by atoms with Crippen molar-refractivity contribution in [3.05, 3.63) is 33.9 Å². The second-order valence-corrected chi connectivity index (χ2v) is 3.66. The number of nitro benzene ring substituents is 1. The highest BCUT2D eigenvalue weighted by Gasteiger charge is 2.10. The summed E-state index contributed by atoms with van der Waals surface area (Å²) in [6.45, 7) is 5.80. The van der Waals surface area contributed by atoms with Gasteiger partial charge in [-0.25, -0.2) is 0 Å². The molecular weight excluding hydrogens is 220 g/mol. The minimum atomic E-state index is -0.390. The second-order valence-electron chi connectivity index (χ2n) is 3.66. The predicted molar refractivity (Wildman–Crippen MR) is 67.2 cm³/mol. The van der Waals surface area contributed by atoms with Crippen molar-refractivity contribution < 1.29 is 9.66 Å². The van der Waals surface area contributed by atoms with Crippen molar-refractivity contribution in [2.45, 2.75) is 26.9 Å². The normalized spacial score (nSPS) is 10.2. The molecule has 1 aromatic rings. The SMILES string of the molecule is CCCNc1ccc([N+](=O)[O-])cc1COCC. The largest absolute Gasteiger partial charge is 0.385 e. The number of nitro groups is 1. The van der Waals surface area contributed by atoms with Gasteiger partial charge < -0.3 is 10.1 Å². The van der Waals surface area contributed by atoms with Gasteiger partial charge in [0, 0.05) is 36.5 Å². The van der Waals surface area contributed by atoms with E-state index in [1.165, 1.54) is 6.07 Å². The molecule has 0 saturated carbocycles. The van der Waals surface area contributed by atoms with E-state index >= 15 is 0 Å². The first-order valence-electron chi connectivity index (χ1n) is 5.78. The lowest BCUT2D eigenvalue weighted by atomic mass is 10.1. The molecule has 0 aliphatic carbocycles.